The molecular formula is C21H20N4O3S2. The summed E-state index contributed by atoms with van der Waals surface area (Å²) in [6, 6.07) is 9.11. The molecule has 0 bridgehead atoms. The van der Waals surface area contributed by atoms with Crippen LogP contribution < -0.4 is 11.0 Å². The second-order valence-corrected chi connectivity index (χ2v) is 10.4. The van der Waals surface area contributed by atoms with Gasteiger partial charge in [-0.1, -0.05) is 30.3 Å². The second-order valence-electron chi connectivity index (χ2n) is 7.74. The Bertz CT molecular complexity index is 1240. The van der Waals surface area contributed by atoms with Gasteiger partial charge in [0, 0.05) is 22.6 Å². The summed E-state index contributed by atoms with van der Waals surface area (Å²) in [5.41, 5.74) is 4.14. The van der Waals surface area contributed by atoms with Gasteiger partial charge in [-0.15, -0.1) is 23.1 Å². The molecule has 2 saturated heterocycles. The van der Waals surface area contributed by atoms with E-state index in [9.17, 15) is 14.4 Å². The van der Waals surface area contributed by atoms with Gasteiger partial charge >= 0.3 is 0 Å². The van der Waals surface area contributed by atoms with Crippen LogP contribution in [-0.2, 0) is 9.59 Å². The fraction of sp³-hybridized carbons (Fsp3) is 0.333. The minimum atomic E-state index is -0.588. The number of carbonyl (C=O) groups is 2. The lowest BCUT2D eigenvalue weighted by atomic mass is 10.0. The fourth-order valence-electron chi connectivity index (χ4n) is 4.34. The molecule has 0 spiro atoms. The first-order chi connectivity index (χ1) is 14.4. The van der Waals surface area contributed by atoms with Crippen LogP contribution in [0.25, 0.3) is 21.3 Å². The van der Waals surface area contributed by atoms with Crippen molar-refractivity contribution in [3.63, 3.8) is 0 Å². The smallest absolute Gasteiger partial charge is 0.281 e. The first kappa shape index (κ1) is 19.3. The van der Waals surface area contributed by atoms with E-state index in [0.29, 0.717) is 22.4 Å². The molecule has 1 N–H and O–H groups in total. The summed E-state index contributed by atoms with van der Waals surface area (Å²) < 4.78 is 1.14. The Balaban J connectivity index is 1.52. The summed E-state index contributed by atoms with van der Waals surface area (Å²) in [5.74, 6) is 0.145. The van der Waals surface area contributed by atoms with Crippen LogP contribution in [0.2, 0.25) is 0 Å². The highest BCUT2D eigenvalue weighted by Gasteiger charge is 2.53. The summed E-state index contributed by atoms with van der Waals surface area (Å²) >= 11 is 3.08. The highest BCUT2D eigenvalue weighted by atomic mass is 32.2. The van der Waals surface area contributed by atoms with Crippen LogP contribution in [0.4, 0.5) is 0 Å². The molecule has 0 radical (unpaired) electrons. The summed E-state index contributed by atoms with van der Waals surface area (Å²) in [6.45, 7) is 3.96. The molecule has 0 aliphatic carbocycles. The van der Waals surface area contributed by atoms with Crippen LogP contribution in [0.3, 0.4) is 0 Å². The number of fused-ring (bicyclic) bond motifs is 2. The molecular weight excluding hydrogens is 420 g/mol. The number of nitrogens with zero attached hydrogens (tertiary/aromatic N) is 3. The molecule has 0 saturated carbocycles. The molecule has 1 aromatic carbocycles. The van der Waals surface area contributed by atoms with Crippen molar-refractivity contribution in [1.82, 2.24) is 14.6 Å². The minimum absolute atomic E-state index is 0.0107. The van der Waals surface area contributed by atoms with Crippen molar-refractivity contribution in [2.75, 3.05) is 11.2 Å². The Morgan fingerprint density at radius 2 is 2.03 bits per heavy atom. The zero-order valence-electron chi connectivity index (χ0n) is 16.5. The van der Waals surface area contributed by atoms with Crippen molar-refractivity contribution in [1.29, 1.82) is 0 Å². The van der Waals surface area contributed by atoms with Crippen LogP contribution in [0, 0.1) is 6.92 Å². The summed E-state index contributed by atoms with van der Waals surface area (Å²) in [7, 11) is 0. The fourth-order valence-corrected chi connectivity index (χ4v) is 6.78. The monoisotopic (exact) mass is 440 g/mol. The van der Waals surface area contributed by atoms with Crippen molar-refractivity contribution >= 4 is 45.1 Å². The van der Waals surface area contributed by atoms with E-state index in [1.54, 1.807) is 16.7 Å². The van der Waals surface area contributed by atoms with E-state index in [2.05, 4.69) is 10.4 Å². The maximum atomic E-state index is 13.3. The number of carbonyl (C=O) groups excluding carboxylic acids is 2. The van der Waals surface area contributed by atoms with Gasteiger partial charge in [0.15, 0.2) is 0 Å². The third-order valence-electron chi connectivity index (χ3n) is 5.83. The van der Waals surface area contributed by atoms with Crippen molar-refractivity contribution in [3.05, 3.63) is 51.9 Å². The molecule has 2 fully saturated rings. The molecule has 2 aliphatic rings. The lowest BCUT2D eigenvalue weighted by Crippen LogP contribution is -2.50. The molecule has 7 nitrogen and oxygen atoms in total. The summed E-state index contributed by atoms with van der Waals surface area (Å²) in [4.78, 5) is 46.0. The quantitative estimate of drug-likeness (QED) is 0.677. The summed E-state index contributed by atoms with van der Waals surface area (Å²) in [6.07, 6.45) is 2.54. The second kappa shape index (κ2) is 6.95. The molecule has 30 heavy (non-hydrogen) atoms. The van der Waals surface area contributed by atoms with E-state index in [4.69, 9.17) is 0 Å². The van der Waals surface area contributed by atoms with Crippen LogP contribution in [0.5, 0.6) is 0 Å². The van der Waals surface area contributed by atoms with Gasteiger partial charge in [-0.05, 0) is 25.8 Å². The number of aryl methyl sites for hydroxylation is 1. The Hall–Kier alpha value is -2.65. The molecule has 5 rings (SSSR count). The molecule has 2 unspecified atom stereocenters. The Kier molecular flexibility index (Phi) is 4.48. The molecule has 2 amide bonds. The maximum absolute atomic E-state index is 13.3. The number of thioether (sulfide) groups is 1. The van der Waals surface area contributed by atoms with Crippen LogP contribution in [0.1, 0.15) is 24.6 Å². The lowest BCUT2D eigenvalue weighted by molar-refractivity contribution is -0.136. The lowest BCUT2D eigenvalue weighted by Gasteiger charge is -2.29. The molecule has 9 heteroatoms. The standard InChI is InChI=1S/C21H20N4O3S2/c1-12-16(13-6-4-3-5-7-13)17-19(30-12)22-11-24(20(17)28)23-18(27)14-10-29-21(2)9-8-15(26)25(14)21/h3-7,11,14H,8-10H2,1-2H3,(H,23,27). The van der Waals surface area contributed by atoms with Gasteiger partial charge in [0.25, 0.3) is 11.5 Å². The van der Waals surface area contributed by atoms with Crippen LogP contribution in [-0.4, -0.2) is 43.0 Å². The highest BCUT2D eigenvalue weighted by Crippen LogP contribution is 2.47. The van der Waals surface area contributed by atoms with E-state index in [0.717, 1.165) is 27.1 Å². The van der Waals surface area contributed by atoms with Gasteiger partial charge < -0.3 is 4.90 Å². The average molecular weight is 441 g/mol. The van der Waals surface area contributed by atoms with Gasteiger partial charge in [-0.2, -0.15) is 0 Å². The number of benzene rings is 1. The van der Waals surface area contributed by atoms with E-state index < -0.39 is 6.04 Å². The Morgan fingerprint density at radius 3 is 2.80 bits per heavy atom. The van der Waals surface area contributed by atoms with Crippen LogP contribution >= 0.6 is 23.1 Å². The van der Waals surface area contributed by atoms with Gasteiger partial charge in [-0.3, -0.25) is 19.8 Å². The van der Waals surface area contributed by atoms with Gasteiger partial charge in [0.1, 0.15) is 17.2 Å². The topological polar surface area (TPSA) is 84.3 Å². The molecule has 4 heterocycles. The van der Waals surface area contributed by atoms with Crippen molar-refractivity contribution in [2.24, 2.45) is 0 Å². The van der Waals surface area contributed by atoms with Gasteiger partial charge in [0.05, 0.1) is 10.3 Å². The number of rotatable bonds is 3. The predicted molar refractivity (Wildman–Crippen MR) is 119 cm³/mol. The van der Waals surface area contributed by atoms with Crippen molar-refractivity contribution in [2.45, 2.75) is 37.6 Å². The van der Waals surface area contributed by atoms with E-state index in [1.807, 2.05) is 44.2 Å². The Labute approximate surface area is 181 Å². The SMILES string of the molecule is Cc1sc2ncn(NC(=O)C3CSC4(C)CCC(=O)N34)c(=O)c2c1-c1ccccc1. The van der Waals surface area contributed by atoms with E-state index in [-0.39, 0.29) is 22.2 Å². The molecule has 154 valence electrons. The number of thiophene rings is 1. The normalized spacial score (nSPS) is 23.2. The molecule has 2 aromatic heterocycles. The summed E-state index contributed by atoms with van der Waals surface area (Å²) in [5, 5.41) is 0.495. The maximum Gasteiger partial charge on any atom is 0.281 e. The number of hydrogen-bond donors (Lipinski definition) is 1. The molecule has 3 aromatic rings. The average Bonchev–Trinajstić information content (AvgIpc) is 3.35. The van der Waals surface area contributed by atoms with Crippen molar-refractivity contribution < 1.29 is 9.59 Å². The zero-order valence-corrected chi connectivity index (χ0v) is 18.2. The first-order valence-electron chi connectivity index (χ1n) is 9.72. The Morgan fingerprint density at radius 1 is 1.27 bits per heavy atom. The van der Waals surface area contributed by atoms with E-state index in [1.165, 1.54) is 17.7 Å². The largest absolute Gasteiger partial charge is 0.315 e. The predicted octanol–water partition coefficient (Wildman–Crippen LogP) is 2.96. The van der Waals surface area contributed by atoms with Crippen LogP contribution in [0.15, 0.2) is 41.5 Å². The molecule has 2 atom stereocenters. The minimum Gasteiger partial charge on any atom is -0.315 e. The highest BCUT2D eigenvalue weighted by molar-refractivity contribution is 8.01. The number of aromatic nitrogens is 2. The first-order valence-corrected chi connectivity index (χ1v) is 11.5. The number of amides is 2. The number of hydrogen-bond acceptors (Lipinski definition) is 6. The third kappa shape index (κ3) is 2.87. The van der Waals surface area contributed by atoms with Crippen molar-refractivity contribution in [3.8, 4) is 11.1 Å². The van der Waals surface area contributed by atoms with Gasteiger partial charge in [0.2, 0.25) is 5.91 Å². The third-order valence-corrected chi connectivity index (χ3v) is 8.35. The molecule has 2 aliphatic heterocycles. The van der Waals surface area contributed by atoms with E-state index >= 15 is 0 Å². The van der Waals surface area contributed by atoms with Gasteiger partial charge in [-0.25, -0.2) is 9.66 Å². The number of nitrogens with one attached hydrogen (secondary N) is 1. The zero-order chi connectivity index (χ0) is 21.0.